The van der Waals surface area contributed by atoms with Crippen LogP contribution in [0.4, 0.5) is 0 Å². The third-order valence-electron chi connectivity index (χ3n) is 3.65. The van der Waals surface area contributed by atoms with Gasteiger partial charge in [0.15, 0.2) is 0 Å². The van der Waals surface area contributed by atoms with Crippen molar-refractivity contribution in [3.8, 4) is 0 Å². The molecule has 108 valence electrons. The van der Waals surface area contributed by atoms with Crippen LogP contribution < -0.4 is 5.32 Å². The number of hydrogen-bond acceptors (Lipinski definition) is 2. The topological polar surface area (TPSA) is 25.2 Å². The zero-order valence-electron chi connectivity index (χ0n) is 11.8. The average Bonchev–Trinajstić information content (AvgIpc) is 3.11. The van der Waals surface area contributed by atoms with Crippen molar-refractivity contribution in [3.63, 3.8) is 0 Å². The highest BCUT2D eigenvalue weighted by molar-refractivity contribution is 6.38. The van der Waals surface area contributed by atoms with Gasteiger partial charge >= 0.3 is 0 Å². The minimum absolute atomic E-state index is 0.603. The quantitative estimate of drug-likeness (QED) is 0.803. The Balaban J connectivity index is 1.98. The SMILES string of the molecule is CC(C)CNCc1oc2cc(Cl)cc(Cl)c2c1C1CC1. The van der Waals surface area contributed by atoms with E-state index in [0.717, 1.165) is 29.8 Å². The average molecular weight is 312 g/mol. The standard InChI is InChI=1S/C16H19Cl2NO/c1-9(2)7-19-8-14-15(10-3-4-10)16-12(18)5-11(17)6-13(16)20-14/h5-6,9-10,19H,3-4,7-8H2,1-2H3. The Morgan fingerprint density at radius 3 is 2.70 bits per heavy atom. The predicted molar refractivity (Wildman–Crippen MR) is 84.8 cm³/mol. The Kier molecular flexibility index (Phi) is 3.98. The molecule has 0 amide bonds. The first kappa shape index (κ1) is 14.2. The van der Waals surface area contributed by atoms with Crippen molar-refractivity contribution in [2.45, 2.75) is 39.2 Å². The van der Waals surface area contributed by atoms with E-state index >= 15 is 0 Å². The lowest BCUT2D eigenvalue weighted by atomic mass is 10.1. The Morgan fingerprint density at radius 2 is 2.05 bits per heavy atom. The van der Waals surface area contributed by atoms with E-state index in [0.29, 0.717) is 21.9 Å². The Bertz CT molecular complexity index is 629. The lowest BCUT2D eigenvalue weighted by Crippen LogP contribution is -2.19. The fraction of sp³-hybridized carbons (Fsp3) is 0.500. The van der Waals surface area contributed by atoms with Crippen molar-refractivity contribution in [2.24, 2.45) is 5.92 Å². The highest BCUT2D eigenvalue weighted by Gasteiger charge is 2.31. The number of benzene rings is 1. The van der Waals surface area contributed by atoms with E-state index < -0.39 is 0 Å². The first-order valence-corrected chi connectivity index (χ1v) is 7.93. The summed E-state index contributed by atoms with van der Waals surface area (Å²) in [6, 6.07) is 3.67. The normalized spacial score (nSPS) is 15.4. The summed E-state index contributed by atoms with van der Waals surface area (Å²) in [6.45, 7) is 6.14. The first-order valence-electron chi connectivity index (χ1n) is 7.17. The lowest BCUT2D eigenvalue weighted by Gasteiger charge is -2.07. The Morgan fingerprint density at radius 1 is 1.30 bits per heavy atom. The second kappa shape index (κ2) is 5.59. The van der Waals surface area contributed by atoms with Crippen LogP contribution in [0.25, 0.3) is 11.0 Å². The number of furan rings is 1. The van der Waals surface area contributed by atoms with Gasteiger partial charge in [0.05, 0.1) is 11.6 Å². The van der Waals surface area contributed by atoms with Gasteiger partial charge < -0.3 is 9.73 Å². The summed E-state index contributed by atoms with van der Waals surface area (Å²) in [4.78, 5) is 0. The molecular formula is C16H19Cl2NO. The molecular weight excluding hydrogens is 293 g/mol. The van der Waals surface area contributed by atoms with Crippen molar-refractivity contribution in [1.29, 1.82) is 0 Å². The number of rotatable bonds is 5. The first-order chi connectivity index (χ1) is 9.56. The maximum atomic E-state index is 6.37. The van der Waals surface area contributed by atoms with Crippen LogP contribution in [0.2, 0.25) is 10.0 Å². The van der Waals surface area contributed by atoms with Gasteiger partial charge in [-0.05, 0) is 37.3 Å². The fourth-order valence-corrected chi connectivity index (χ4v) is 3.21. The molecule has 1 aliphatic rings. The number of fused-ring (bicyclic) bond motifs is 1. The van der Waals surface area contributed by atoms with Crippen molar-refractivity contribution in [3.05, 3.63) is 33.5 Å². The van der Waals surface area contributed by atoms with Gasteiger partial charge in [0.2, 0.25) is 0 Å². The number of nitrogens with one attached hydrogen (secondary N) is 1. The molecule has 1 fully saturated rings. The lowest BCUT2D eigenvalue weighted by molar-refractivity contribution is 0.481. The van der Waals surface area contributed by atoms with E-state index in [4.69, 9.17) is 27.6 Å². The Hall–Kier alpha value is -0.700. The van der Waals surface area contributed by atoms with Crippen molar-refractivity contribution < 1.29 is 4.42 Å². The van der Waals surface area contributed by atoms with Gasteiger partial charge in [0, 0.05) is 22.0 Å². The molecule has 0 bridgehead atoms. The van der Waals surface area contributed by atoms with Crippen LogP contribution in [0.3, 0.4) is 0 Å². The van der Waals surface area contributed by atoms with E-state index in [1.807, 2.05) is 6.07 Å². The number of halogens is 2. The minimum Gasteiger partial charge on any atom is -0.459 e. The molecule has 3 rings (SSSR count). The van der Waals surface area contributed by atoms with Gasteiger partial charge in [0.25, 0.3) is 0 Å². The molecule has 0 spiro atoms. The van der Waals surface area contributed by atoms with Crippen LogP contribution in [0, 0.1) is 5.92 Å². The summed E-state index contributed by atoms with van der Waals surface area (Å²) in [5.41, 5.74) is 2.10. The van der Waals surface area contributed by atoms with Crippen LogP contribution in [-0.4, -0.2) is 6.54 Å². The van der Waals surface area contributed by atoms with E-state index in [2.05, 4.69) is 19.2 Å². The molecule has 0 atom stereocenters. The second-order valence-electron chi connectivity index (χ2n) is 6.00. The molecule has 2 nitrogen and oxygen atoms in total. The van der Waals surface area contributed by atoms with Crippen molar-refractivity contribution in [1.82, 2.24) is 5.32 Å². The number of hydrogen-bond donors (Lipinski definition) is 1. The van der Waals surface area contributed by atoms with Gasteiger partial charge in [-0.3, -0.25) is 0 Å². The highest BCUT2D eigenvalue weighted by atomic mass is 35.5. The molecule has 0 saturated heterocycles. The summed E-state index contributed by atoms with van der Waals surface area (Å²) in [5.74, 6) is 2.25. The zero-order chi connectivity index (χ0) is 14.3. The van der Waals surface area contributed by atoms with Crippen molar-refractivity contribution in [2.75, 3.05) is 6.54 Å². The molecule has 1 aliphatic carbocycles. The van der Waals surface area contributed by atoms with Crippen LogP contribution in [-0.2, 0) is 6.54 Å². The summed E-state index contributed by atoms with van der Waals surface area (Å²) in [7, 11) is 0. The van der Waals surface area contributed by atoms with E-state index in [1.165, 1.54) is 18.4 Å². The Labute approximate surface area is 129 Å². The fourth-order valence-electron chi connectivity index (χ4n) is 2.63. The summed E-state index contributed by atoms with van der Waals surface area (Å²) < 4.78 is 6.01. The molecule has 2 aromatic rings. The van der Waals surface area contributed by atoms with Gasteiger partial charge in [0.1, 0.15) is 11.3 Å². The van der Waals surface area contributed by atoms with Crippen molar-refractivity contribution >= 4 is 34.2 Å². The third kappa shape index (κ3) is 2.83. The maximum Gasteiger partial charge on any atom is 0.137 e. The molecule has 1 aromatic carbocycles. The van der Waals surface area contributed by atoms with Gasteiger partial charge in [-0.1, -0.05) is 37.0 Å². The van der Waals surface area contributed by atoms with Gasteiger partial charge in [-0.15, -0.1) is 0 Å². The van der Waals surface area contributed by atoms with Crippen LogP contribution in [0.5, 0.6) is 0 Å². The van der Waals surface area contributed by atoms with Crippen LogP contribution >= 0.6 is 23.2 Å². The minimum atomic E-state index is 0.603. The highest BCUT2D eigenvalue weighted by Crippen LogP contribution is 2.48. The molecule has 1 N–H and O–H groups in total. The smallest absolute Gasteiger partial charge is 0.137 e. The van der Waals surface area contributed by atoms with Crippen LogP contribution in [0.1, 0.15) is 43.9 Å². The molecule has 0 unspecified atom stereocenters. The summed E-state index contributed by atoms with van der Waals surface area (Å²) in [6.07, 6.45) is 2.45. The summed E-state index contributed by atoms with van der Waals surface area (Å²) in [5, 5.41) is 5.83. The molecule has 1 saturated carbocycles. The largest absolute Gasteiger partial charge is 0.459 e. The van der Waals surface area contributed by atoms with Crippen LogP contribution in [0.15, 0.2) is 16.5 Å². The van der Waals surface area contributed by atoms with Gasteiger partial charge in [-0.25, -0.2) is 0 Å². The molecule has 4 heteroatoms. The van der Waals surface area contributed by atoms with E-state index in [-0.39, 0.29) is 0 Å². The molecule has 0 radical (unpaired) electrons. The van der Waals surface area contributed by atoms with Gasteiger partial charge in [-0.2, -0.15) is 0 Å². The third-order valence-corrected chi connectivity index (χ3v) is 4.16. The maximum absolute atomic E-state index is 6.37. The van der Waals surface area contributed by atoms with E-state index in [9.17, 15) is 0 Å². The molecule has 0 aliphatic heterocycles. The summed E-state index contributed by atoms with van der Waals surface area (Å²) >= 11 is 12.4. The monoisotopic (exact) mass is 311 g/mol. The zero-order valence-corrected chi connectivity index (χ0v) is 13.3. The molecule has 1 heterocycles. The predicted octanol–water partition coefficient (Wildman–Crippen LogP) is 5.36. The molecule has 20 heavy (non-hydrogen) atoms. The second-order valence-corrected chi connectivity index (χ2v) is 6.84. The molecule has 1 aromatic heterocycles. The van der Waals surface area contributed by atoms with E-state index in [1.54, 1.807) is 6.07 Å².